The third kappa shape index (κ3) is 5.13. The molecule has 0 aromatic heterocycles. The SMILES string of the molecule is C=C(O)CCc1ccc(C(C)CC2=C(c3ccc(F)cc3)CC(F)(F)C2)cc1C#N. The van der Waals surface area contributed by atoms with Crippen molar-refractivity contribution < 1.29 is 18.3 Å². The van der Waals surface area contributed by atoms with E-state index in [1.807, 2.05) is 19.1 Å². The maximum absolute atomic E-state index is 14.2. The van der Waals surface area contributed by atoms with Crippen LogP contribution in [0, 0.1) is 17.1 Å². The van der Waals surface area contributed by atoms with Crippen molar-refractivity contribution in [1.29, 1.82) is 5.26 Å². The van der Waals surface area contributed by atoms with Gasteiger partial charge >= 0.3 is 0 Å². The van der Waals surface area contributed by atoms with Gasteiger partial charge in [-0.25, -0.2) is 13.2 Å². The minimum Gasteiger partial charge on any atom is -0.513 e. The molecule has 2 nitrogen and oxygen atoms in total. The molecule has 0 amide bonds. The van der Waals surface area contributed by atoms with Gasteiger partial charge in [0.05, 0.1) is 17.4 Å². The third-order valence-electron chi connectivity index (χ3n) is 5.59. The van der Waals surface area contributed by atoms with E-state index in [0.717, 1.165) is 11.1 Å². The zero-order valence-corrected chi connectivity index (χ0v) is 16.9. The molecule has 1 unspecified atom stereocenters. The fraction of sp³-hybridized carbons (Fsp3) is 0.320. The van der Waals surface area contributed by atoms with Gasteiger partial charge in [-0.3, -0.25) is 0 Å². The van der Waals surface area contributed by atoms with Crippen molar-refractivity contribution in [3.05, 3.63) is 88.4 Å². The van der Waals surface area contributed by atoms with Crippen molar-refractivity contribution in [3.8, 4) is 6.07 Å². The molecule has 3 rings (SSSR count). The fourth-order valence-corrected chi connectivity index (χ4v) is 4.01. The Hall–Kier alpha value is -3.00. The number of hydrogen-bond acceptors (Lipinski definition) is 2. The summed E-state index contributed by atoms with van der Waals surface area (Å²) < 4.78 is 41.6. The van der Waals surface area contributed by atoms with Gasteiger partial charge in [0.15, 0.2) is 0 Å². The number of aliphatic hydroxyl groups is 1. The fourth-order valence-electron chi connectivity index (χ4n) is 4.01. The Morgan fingerprint density at radius 3 is 2.53 bits per heavy atom. The van der Waals surface area contributed by atoms with Crippen molar-refractivity contribution in [3.63, 3.8) is 0 Å². The molecule has 2 aromatic rings. The van der Waals surface area contributed by atoms with Gasteiger partial charge in [0.25, 0.3) is 5.92 Å². The molecular weight excluding hydrogens is 387 g/mol. The molecule has 156 valence electrons. The number of nitriles is 1. The van der Waals surface area contributed by atoms with Crippen LogP contribution in [0.2, 0.25) is 0 Å². The Balaban J connectivity index is 1.85. The van der Waals surface area contributed by atoms with Crippen LogP contribution in [-0.4, -0.2) is 11.0 Å². The second-order valence-corrected chi connectivity index (χ2v) is 8.00. The van der Waals surface area contributed by atoms with Crippen LogP contribution >= 0.6 is 0 Å². The molecule has 0 spiro atoms. The van der Waals surface area contributed by atoms with Crippen LogP contribution in [0.15, 0.2) is 60.4 Å². The first-order valence-corrected chi connectivity index (χ1v) is 9.93. The molecule has 1 atom stereocenters. The average Bonchev–Trinajstić information content (AvgIpc) is 3.00. The Morgan fingerprint density at radius 2 is 1.90 bits per heavy atom. The summed E-state index contributed by atoms with van der Waals surface area (Å²) in [5, 5.41) is 18.8. The van der Waals surface area contributed by atoms with Crippen LogP contribution in [0.3, 0.4) is 0 Å². The summed E-state index contributed by atoms with van der Waals surface area (Å²) in [4.78, 5) is 0. The molecule has 30 heavy (non-hydrogen) atoms. The van der Waals surface area contributed by atoms with Crippen LogP contribution in [-0.2, 0) is 6.42 Å². The predicted octanol–water partition coefficient (Wildman–Crippen LogP) is 7.08. The summed E-state index contributed by atoms with van der Waals surface area (Å²) in [6.07, 6.45) is 0.700. The lowest BCUT2D eigenvalue weighted by Gasteiger charge is -2.16. The summed E-state index contributed by atoms with van der Waals surface area (Å²) in [7, 11) is 0. The first-order valence-electron chi connectivity index (χ1n) is 9.93. The lowest BCUT2D eigenvalue weighted by molar-refractivity contribution is 0.0148. The first-order chi connectivity index (χ1) is 14.2. The zero-order chi connectivity index (χ0) is 21.9. The highest BCUT2D eigenvalue weighted by atomic mass is 19.3. The minimum absolute atomic E-state index is 0.0571. The number of halogens is 3. The van der Waals surface area contributed by atoms with E-state index in [1.54, 1.807) is 18.2 Å². The van der Waals surface area contributed by atoms with E-state index in [9.17, 15) is 23.5 Å². The lowest BCUT2D eigenvalue weighted by atomic mass is 9.88. The van der Waals surface area contributed by atoms with Crippen LogP contribution in [0.25, 0.3) is 5.57 Å². The van der Waals surface area contributed by atoms with Gasteiger partial charge < -0.3 is 5.11 Å². The highest BCUT2D eigenvalue weighted by Gasteiger charge is 2.39. The highest BCUT2D eigenvalue weighted by Crippen LogP contribution is 2.47. The van der Waals surface area contributed by atoms with Gasteiger partial charge in [0, 0.05) is 19.3 Å². The summed E-state index contributed by atoms with van der Waals surface area (Å²) in [6.45, 7) is 5.42. The second-order valence-electron chi connectivity index (χ2n) is 8.00. The second kappa shape index (κ2) is 8.79. The number of aliphatic hydroxyl groups excluding tert-OH is 1. The van der Waals surface area contributed by atoms with Gasteiger partial charge in [-0.1, -0.05) is 43.3 Å². The number of nitrogens with zero attached hydrogens (tertiary/aromatic N) is 1. The lowest BCUT2D eigenvalue weighted by Crippen LogP contribution is -2.10. The van der Waals surface area contributed by atoms with Crippen molar-refractivity contribution in [2.24, 2.45) is 0 Å². The largest absolute Gasteiger partial charge is 0.513 e. The minimum atomic E-state index is -2.80. The van der Waals surface area contributed by atoms with E-state index < -0.39 is 11.7 Å². The van der Waals surface area contributed by atoms with Crippen molar-refractivity contribution in [2.45, 2.75) is 50.9 Å². The number of benzene rings is 2. The van der Waals surface area contributed by atoms with E-state index in [4.69, 9.17) is 0 Å². The smallest absolute Gasteiger partial charge is 0.255 e. The van der Waals surface area contributed by atoms with Crippen LogP contribution in [0.5, 0.6) is 0 Å². The van der Waals surface area contributed by atoms with Gasteiger partial charge in [-0.2, -0.15) is 5.26 Å². The highest BCUT2D eigenvalue weighted by molar-refractivity contribution is 5.72. The molecule has 1 aliphatic rings. The molecule has 5 heteroatoms. The Labute approximate surface area is 175 Å². The molecule has 0 fully saturated rings. The Kier molecular flexibility index (Phi) is 6.36. The number of rotatable bonds is 7. The molecule has 1 N–H and O–H groups in total. The molecule has 1 aliphatic carbocycles. The quantitative estimate of drug-likeness (QED) is 0.495. The van der Waals surface area contributed by atoms with Crippen molar-refractivity contribution >= 4 is 5.57 Å². The average molecular weight is 411 g/mol. The van der Waals surface area contributed by atoms with E-state index in [-0.39, 0.29) is 24.5 Å². The van der Waals surface area contributed by atoms with Crippen molar-refractivity contribution in [2.75, 3.05) is 0 Å². The molecule has 0 bridgehead atoms. The van der Waals surface area contributed by atoms with Crippen molar-refractivity contribution in [1.82, 2.24) is 0 Å². The van der Waals surface area contributed by atoms with Crippen LogP contribution in [0.4, 0.5) is 13.2 Å². The normalized spacial score (nSPS) is 16.4. The summed E-state index contributed by atoms with van der Waals surface area (Å²) in [6, 6.07) is 13.4. The maximum Gasteiger partial charge on any atom is 0.255 e. The first kappa shape index (κ1) is 21.7. The van der Waals surface area contributed by atoms with E-state index in [0.29, 0.717) is 41.5 Å². The molecule has 0 aliphatic heterocycles. The topological polar surface area (TPSA) is 44.0 Å². The molecule has 0 saturated carbocycles. The Morgan fingerprint density at radius 1 is 1.20 bits per heavy atom. The molecule has 2 aromatic carbocycles. The van der Waals surface area contributed by atoms with Gasteiger partial charge in [-0.05, 0) is 59.2 Å². The standard InChI is InChI=1S/C25H24F3NO/c1-16(20-6-5-18(4-3-17(2)30)22(12-20)15-29)11-21-13-25(27,28)14-24(21)19-7-9-23(26)10-8-19/h5-10,12,16,30H,2-4,11,13-14H2,1H3. The summed E-state index contributed by atoms with van der Waals surface area (Å²) >= 11 is 0. The monoisotopic (exact) mass is 411 g/mol. The van der Waals surface area contributed by atoms with E-state index >= 15 is 0 Å². The summed E-state index contributed by atoms with van der Waals surface area (Å²) in [5.74, 6) is -3.18. The van der Waals surface area contributed by atoms with Gasteiger partial charge in [0.2, 0.25) is 0 Å². The van der Waals surface area contributed by atoms with E-state index in [1.165, 1.54) is 12.1 Å². The summed E-state index contributed by atoms with van der Waals surface area (Å²) in [5.41, 5.74) is 4.14. The Bertz CT molecular complexity index is 1020. The molecule has 0 radical (unpaired) electrons. The number of hydrogen-bond donors (Lipinski definition) is 1. The molecule has 0 saturated heterocycles. The van der Waals surface area contributed by atoms with E-state index in [2.05, 4.69) is 12.6 Å². The van der Waals surface area contributed by atoms with Crippen LogP contribution < -0.4 is 0 Å². The van der Waals surface area contributed by atoms with Gasteiger partial charge in [-0.15, -0.1) is 0 Å². The zero-order valence-electron chi connectivity index (χ0n) is 16.9. The number of allylic oxidation sites excluding steroid dienone is 3. The third-order valence-corrected chi connectivity index (χ3v) is 5.59. The van der Waals surface area contributed by atoms with Gasteiger partial charge in [0.1, 0.15) is 5.82 Å². The maximum atomic E-state index is 14.2. The molecular formula is C25H24F3NO. The molecule has 0 heterocycles. The predicted molar refractivity (Wildman–Crippen MR) is 112 cm³/mol. The van der Waals surface area contributed by atoms with Crippen LogP contribution in [0.1, 0.15) is 60.8 Å². The number of aryl methyl sites for hydroxylation is 1. The number of alkyl halides is 2.